The zero-order chi connectivity index (χ0) is 23.1. The fourth-order valence-electron chi connectivity index (χ4n) is 4.38. The number of rotatable bonds is 11. The molecule has 3 atom stereocenters. The monoisotopic (exact) mass is 420 g/mol. The lowest BCUT2D eigenvalue weighted by atomic mass is 9.83. The number of hydrogen-bond acceptors (Lipinski definition) is 4. The number of hydrogen-bond donors (Lipinski definition) is 1. The van der Waals surface area contributed by atoms with Crippen molar-refractivity contribution in [3.8, 4) is 0 Å². The number of carboxylic acid groups (broad SMARTS) is 1. The number of nitrogens with zero attached hydrogens (tertiary/aromatic N) is 2. The first-order valence-electron chi connectivity index (χ1n) is 10.9. The fourth-order valence-corrected chi connectivity index (χ4v) is 4.38. The first-order valence-corrected chi connectivity index (χ1v) is 10.9. The summed E-state index contributed by atoms with van der Waals surface area (Å²) in [6.07, 6.45) is 6.74. The third-order valence-corrected chi connectivity index (χ3v) is 5.62. The largest absolute Gasteiger partial charge is 0.478 e. The zero-order valence-corrected chi connectivity index (χ0v) is 19.6. The molecule has 1 aliphatic rings. The van der Waals surface area contributed by atoms with Crippen molar-refractivity contribution in [2.24, 2.45) is 0 Å². The van der Waals surface area contributed by atoms with Crippen molar-refractivity contribution >= 4 is 11.9 Å². The van der Waals surface area contributed by atoms with Gasteiger partial charge in [0.2, 0.25) is 5.91 Å². The van der Waals surface area contributed by atoms with Crippen LogP contribution in [0.5, 0.6) is 0 Å². The summed E-state index contributed by atoms with van der Waals surface area (Å²) in [5, 5.41) is 9.79. The first kappa shape index (κ1) is 26.1. The van der Waals surface area contributed by atoms with Crippen LogP contribution in [-0.4, -0.2) is 69.7 Å². The highest BCUT2D eigenvalue weighted by molar-refractivity contribution is 5.87. The first-order chi connectivity index (χ1) is 14.0. The van der Waals surface area contributed by atoms with Crippen LogP contribution in [0.1, 0.15) is 60.8 Å². The lowest BCUT2D eigenvalue weighted by molar-refractivity contribution is -0.148. The zero-order valence-electron chi connectivity index (χ0n) is 19.6. The molecular formula is C24H40N2O4. The van der Waals surface area contributed by atoms with Crippen molar-refractivity contribution in [1.82, 2.24) is 9.80 Å². The molecule has 0 aromatic heterocycles. The van der Waals surface area contributed by atoms with Crippen LogP contribution >= 0.6 is 0 Å². The van der Waals surface area contributed by atoms with Crippen molar-refractivity contribution in [2.75, 3.05) is 13.1 Å². The number of aliphatic carboxylic acids is 1. The molecule has 0 radical (unpaired) electrons. The molecule has 6 heteroatoms. The Bertz CT molecular complexity index is 636. The highest BCUT2D eigenvalue weighted by Gasteiger charge is 2.46. The van der Waals surface area contributed by atoms with Gasteiger partial charge in [0.25, 0.3) is 0 Å². The molecule has 1 N–H and O–H groups in total. The minimum absolute atomic E-state index is 0.0106. The van der Waals surface area contributed by atoms with Gasteiger partial charge in [0, 0.05) is 37.2 Å². The second-order valence-electron chi connectivity index (χ2n) is 8.89. The Morgan fingerprint density at radius 1 is 1.23 bits per heavy atom. The molecular weight excluding hydrogens is 380 g/mol. The molecule has 0 aliphatic heterocycles. The fraction of sp³-hybridized carbons (Fsp3) is 0.667. The summed E-state index contributed by atoms with van der Waals surface area (Å²) in [4.78, 5) is 28.8. The van der Waals surface area contributed by atoms with Crippen LogP contribution in [0.4, 0.5) is 0 Å². The summed E-state index contributed by atoms with van der Waals surface area (Å²) in [7, 11) is 0. The van der Waals surface area contributed by atoms with E-state index >= 15 is 0 Å². The molecule has 0 bridgehead atoms. The minimum Gasteiger partial charge on any atom is -0.478 e. The van der Waals surface area contributed by atoms with E-state index in [1.54, 1.807) is 25.2 Å². The standard InChI is InChI=1S/C24H40N2O4/c1-9-13-25(14-10-2)20-15-18(23(28)29)16-21(30-19(11-3)12-4)22(20)26(17(5)27)24(6,7)8/h9-10,16,19-22H,1-2,11-15H2,3-8H3,(H,28,29)/t20-,21-,22+/m0/s1. The van der Waals surface area contributed by atoms with E-state index in [9.17, 15) is 14.7 Å². The van der Waals surface area contributed by atoms with Crippen molar-refractivity contribution in [3.63, 3.8) is 0 Å². The molecule has 0 saturated carbocycles. The average Bonchev–Trinajstić information content (AvgIpc) is 2.65. The van der Waals surface area contributed by atoms with Crippen molar-refractivity contribution in [2.45, 2.75) is 90.6 Å². The van der Waals surface area contributed by atoms with Crippen molar-refractivity contribution < 1.29 is 19.4 Å². The molecule has 30 heavy (non-hydrogen) atoms. The van der Waals surface area contributed by atoms with E-state index in [-0.39, 0.29) is 24.1 Å². The van der Waals surface area contributed by atoms with Gasteiger partial charge in [0.15, 0.2) is 0 Å². The van der Waals surface area contributed by atoms with Gasteiger partial charge in [0.1, 0.15) is 0 Å². The van der Waals surface area contributed by atoms with Gasteiger partial charge < -0.3 is 14.7 Å². The molecule has 0 unspecified atom stereocenters. The molecule has 0 aromatic rings. The van der Waals surface area contributed by atoms with Crippen LogP contribution in [0.3, 0.4) is 0 Å². The van der Waals surface area contributed by atoms with Crippen LogP contribution in [-0.2, 0) is 14.3 Å². The van der Waals surface area contributed by atoms with E-state index in [1.807, 2.05) is 25.7 Å². The molecule has 0 saturated heterocycles. The van der Waals surface area contributed by atoms with E-state index in [4.69, 9.17) is 4.74 Å². The summed E-state index contributed by atoms with van der Waals surface area (Å²) >= 11 is 0. The molecule has 0 heterocycles. The normalized spacial score (nSPS) is 22.0. The van der Waals surface area contributed by atoms with Gasteiger partial charge in [-0.3, -0.25) is 9.69 Å². The van der Waals surface area contributed by atoms with Crippen LogP contribution in [0.25, 0.3) is 0 Å². The van der Waals surface area contributed by atoms with E-state index in [0.717, 1.165) is 12.8 Å². The van der Waals surface area contributed by atoms with Crippen LogP contribution < -0.4 is 0 Å². The molecule has 0 aromatic carbocycles. The van der Waals surface area contributed by atoms with Gasteiger partial charge in [-0.05, 0) is 46.1 Å². The number of carbonyl (C=O) groups is 2. The second kappa shape index (κ2) is 11.5. The SMILES string of the molecule is C=CCN(CC=C)[C@H]1CC(C(=O)O)=C[C@H](OC(CC)CC)[C@@H]1N(C(C)=O)C(C)(C)C. The molecule has 0 spiro atoms. The summed E-state index contributed by atoms with van der Waals surface area (Å²) in [5.41, 5.74) is -0.130. The maximum Gasteiger partial charge on any atom is 0.331 e. The lowest BCUT2D eigenvalue weighted by Gasteiger charge is -2.51. The Hall–Kier alpha value is -1.92. The molecule has 1 rings (SSSR count). The summed E-state index contributed by atoms with van der Waals surface area (Å²) < 4.78 is 6.43. The number of carbonyl (C=O) groups excluding carboxylic acids is 1. The topological polar surface area (TPSA) is 70.1 Å². The third kappa shape index (κ3) is 6.54. The third-order valence-electron chi connectivity index (χ3n) is 5.62. The van der Waals surface area contributed by atoms with Crippen LogP contribution in [0, 0.1) is 0 Å². The maximum atomic E-state index is 12.8. The molecule has 1 amide bonds. The van der Waals surface area contributed by atoms with E-state index < -0.39 is 17.6 Å². The molecule has 170 valence electrons. The van der Waals surface area contributed by atoms with Gasteiger partial charge in [-0.2, -0.15) is 0 Å². The molecule has 6 nitrogen and oxygen atoms in total. The maximum absolute atomic E-state index is 12.8. The number of ether oxygens (including phenoxy) is 1. The minimum atomic E-state index is -0.945. The van der Waals surface area contributed by atoms with Crippen molar-refractivity contribution in [1.29, 1.82) is 0 Å². The quantitative estimate of drug-likeness (QED) is 0.511. The lowest BCUT2D eigenvalue weighted by Crippen LogP contribution is -2.65. The van der Waals surface area contributed by atoms with E-state index in [1.165, 1.54) is 0 Å². The van der Waals surface area contributed by atoms with Gasteiger partial charge in [-0.25, -0.2) is 4.79 Å². The van der Waals surface area contributed by atoms with Gasteiger partial charge in [-0.15, -0.1) is 13.2 Å². The Balaban J connectivity index is 3.65. The smallest absolute Gasteiger partial charge is 0.331 e. The molecule has 0 fully saturated rings. The van der Waals surface area contributed by atoms with Gasteiger partial charge in [0.05, 0.1) is 18.2 Å². The van der Waals surface area contributed by atoms with Crippen LogP contribution in [0.15, 0.2) is 37.0 Å². The second-order valence-corrected chi connectivity index (χ2v) is 8.89. The Labute approximate surface area is 182 Å². The number of carboxylic acids is 1. The highest BCUT2D eigenvalue weighted by Crippen LogP contribution is 2.34. The Kier molecular flexibility index (Phi) is 9.98. The summed E-state index contributed by atoms with van der Waals surface area (Å²) in [6, 6.07) is -0.564. The highest BCUT2D eigenvalue weighted by atomic mass is 16.5. The molecule has 1 aliphatic carbocycles. The summed E-state index contributed by atoms with van der Waals surface area (Å²) in [5.74, 6) is -1.00. The van der Waals surface area contributed by atoms with E-state index in [2.05, 4.69) is 31.9 Å². The predicted molar refractivity (Wildman–Crippen MR) is 121 cm³/mol. The van der Waals surface area contributed by atoms with Crippen molar-refractivity contribution in [3.05, 3.63) is 37.0 Å². The van der Waals surface area contributed by atoms with E-state index in [0.29, 0.717) is 25.1 Å². The van der Waals surface area contributed by atoms with Gasteiger partial charge in [-0.1, -0.05) is 26.0 Å². The average molecular weight is 421 g/mol. The Morgan fingerprint density at radius 3 is 2.13 bits per heavy atom. The van der Waals surface area contributed by atoms with Crippen LogP contribution in [0.2, 0.25) is 0 Å². The number of amides is 1. The predicted octanol–water partition coefficient (Wildman–Crippen LogP) is 4.03. The summed E-state index contributed by atoms with van der Waals surface area (Å²) in [6.45, 7) is 20.5. The van der Waals surface area contributed by atoms with Gasteiger partial charge >= 0.3 is 5.97 Å². The Morgan fingerprint density at radius 2 is 1.77 bits per heavy atom.